The van der Waals surface area contributed by atoms with Gasteiger partial charge in [-0.3, -0.25) is 9.59 Å². The van der Waals surface area contributed by atoms with Gasteiger partial charge in [0.1, 0.15) is 6.04 Å². The molecule has 1 amide bonds. The second kappa shape index (κ2) is 7.04. The van der Waals surface area contributed by atoms with E-state index in [2.05, 4.69) is 10.1 Å². The maximum atomic E-state index is 12.0. The Morgan fingerprint density at radius 2 is 2.10 bits per heavy atom. The third-order valence-electron chi connectivity index (χ3n) is 2.83. The van der Waals surface area contributed by atoms with Crippen LogP contribution in [0.4, 0.5) is 0 Å². The van der Waals surface area contributed by atoms with Gasteiger partial charge >= 0.3 is 11.9 Å². The highest BCUT2D eigenvalue weighted by molar-refractivity contribution is 7.14. The minimum absolute atomic E-state index is 0.400. The topological polar surface area (TPSA) is 92.7 Å². The summed E-state index contributed by atoms with van der Waals surface area (Å²) in [6.07, 6.45) is 0.405. The maximum absolute atomic E-state index is 12.0. The zero-order valence-electron chi connectivity index (χ0n) is 11.6. The molecule has 1 heterocycles. The lowest BCUT2D eigenvalue weighted by Gasteiger charge is -2.12. The van der Waals surface area contributed by atoms with Gasteiger partial charge in [-0.1, -0.05) is 6.92 Å². The van der Waals surface area contributed by atoms with Crippen molar-refractivity contribution < 1.29 is 24.2 Å². The third-order valence-corrected chi connectivity index (χ3v) is 3.92. The summed E-state index contributed by atoms with van der Waals surface area (Å²) in [6, 6.07) is 0.453. The summed E-state index contributed by atoms with van der Waals surface area (Å²) < 4.78 is 4.41. The molecule has 0 spiro atoms. The first-order chi connectivity index (χ1) is 9.38. The zero-order chi connectivity index (χ0) is 15.3. The summed E-state index contributed by atoms with van der Waals surface area (Å²) in [7, 11) is 1.17. The molecule has 0 radical (unpaired) electrons. The van der Waals surface area contributed by atoms with Gasteiger partial charge in [0, 0.05) is 4.88 Å². The van der Waals surface area contributed by atoms with Crippen molar-refractivity contribution in [3.8, 4) is 0 Å². The van der Waals surface area contributed by atoms with Crippen LogP contribution in [0.2, 0.25) is 0 Å². The Kier molecular flexibility index (Phi) is 5.69. The molecule has 2 N–H and O–H groups in total. The SMILES string of the molecule is CCc1cc(C(=O)N[C@@H](CC(=O)OC)C(=O)O)sc1C. The van der Waals surface area contributed by atoms with Gasteiger partial charge in [-0.25, -0.2) is 4.79 Å². The zero-order valence-corrected chi connectivity index (χ0v) is 12.4. The van der Waals surface area contributed by atoms with Gasteiger partial charge in [-0.15, -0.1) is 11.3 Å². The Balaban J connectivity index is 2.79. The number of amides is 1. The molecular formula is C13H17NO5S. The summed E-state index contributed by atoms with van der Waals surface area (Å²) in [4.78, 5) is 35.6. The van der Waals surface area contributed by atoms with Crippen LogP contribution in [0.15, 0.2) is 6.07 Å². The van der Waals surface area contributed by atoms with Crippen LogP contribution >= 0.6 is 11.3 Å². The minimum atomic E-state index is -1.29. The fourth-order valence-electron chi connectivity index (χ4n) is 1.66. The number of hydrogen-bond acceptors (Lipinski definition) is 5. The standard InChI is InChI=1S/C13H17NO5S/c1-4-8-5-10(20-7(8)2)12(16)14-9(13(17)18)6-11(15)19-3/h5,9H,4,6H2,1-3H3,(H,14,16)(H,17,18)/t9-/m0/s1. The predicted molar refractivity (Wildman–Crippen MR) is 74.0 cm³/mol. The fourth-order valence-corrected chi connectivity index (χ4v) is 2.68. The molecule has 1 rings (SSSR count). The molecule has 1 atom stereocenters. The minimum Gasteiger partial charge on any atom is -0.480 e. The Bertz CT molecular complexity index is 523. The third kappa shape index (κ3) is 4.06. The van der Waals surface area contributed by atoms with Crippen LogP contribution in [0, 0.1) is 6.92 Å². The molecule has 0 bridgehead atoms. The van der Waals surface area contributed by atoms with Crippen molar-refractivity contribution in [2.75, 3.05) is 7.11 Å². The van der Waals surface area contributed by atoms with Crippen molar-refractivity contribution in [1.29, 1.82) is 0 Å². The van der Waals surface area contributed by atoms with Crippen LogP contribution in [0.3, 0.4) is 0 Å². The molecule has 7 heteroatoms. The number of nitrogens with one attached hydrogen (secondary N) is 1. The first-order valence-corrected chi connectivity index (χ1v) is 6.90. The average Bonchev–Trinajstić information content (AvgIpc) is 2.78. The first-order valence-electron chi connectivity index (χ1n) is 6.08. The van der Waals surface area contributed by atoms with Crippen LogP contribution in [0.1, 0.15) is 33.5 Å². The largest absolute Gasteiger partial charge is 0.480 e. The first kappa shape index (κ1) is 16.2. The molecule has 0 fully saturated rings. The van der Waals surface area contributed by atoms with Crippen molar-refractivity contribution in [3.05, 3.63) is 21.4 Å². The Morgan fingerprint density at radius 3 is 2.55 bits per heavy atom. The second-order valence-corrected chi connectivity index (χ2v) is 5.45. The molecule has 0 aliphatic carbocycles. The van der Waals surface area contributed by atoms with Crippen LogP contribution in [0.25, 0.3) is 0 Å². The summed E-state index contributed by atoms with van der Waals surface area (Å²) in [5, 5.41) is 11.3. The van der Waals surface area contributed by atoms with E-state index in [1.807, 2.05) is 13.8 Å². The van der Waals surface area contributed by atoms with E-state index < -0.39 is 30.3 Å². The number of esters is 1. The molecule has 110 valence electrons. The van der Waals surface area contributed by atoms with Gasteiger partial charge in [-0.2, -0.15) is 0 Å². The number of aliphatic carboxylic acids is 1. The van der Waals surface area contributed by atoms with E-state index in [-0.39, 0.29) is 0 Å². The van der Waals surface area contributed by atoms with Crippen molar-refractivity contribution >= 4 is 29.2 Å². The summed E-state index contributed by atoms with van der Waals surface area (Å²) in [5.74, 6) is -2.45. The number of methoxy groups -OCH3 is 1. The van der Waals surface area contributed by atoms with Gasteiger partial charge in [0.25, 0.3) is 5.91 Å². The van der Waals surface area contributed by atoms with Crippen molar-refractivity contribution in [2.45, 2.75) is 32.7 Å². The summed E-state index contributed by atoms with van der Waals surface area (Å²) in [5.41, 5.74) is 1.06. The Morgan fingerprint density at radius 1 is 1.45 bits per heavy atom. The quantitative estimate of drug-likeness (QED) is 0.774. The highest BCUT2D eigenvalue weighted by Gasteiger charge is 2.25. The molecule has 0 saturated heterocycles. The van der Waals surface area contributed by atoms with Gasteiger partial charge in [0.15, 0.2) is 0 Å². The molecule has 20 heavy (non-hydrogen) atoms. The Hall–Kier alpha value is -1.89. The van der Waals surface area contributed by atoms with Crippen LogP contribution in [-0.2, 0) is 20.7 Å². The van der Waals surface area contributed by atoms with Crippen LogP contribution < -0.4 is 5.32 Å². The number of carbonyl (C=O) groups excluding carboxylic acids is 2. The van der Waals surface area contributed by atoms with Gasteiger partial charge in [-0.05, 0) is 25.0 Å². The number of thiophene rings is 1. The molecule has 6 nitrogen and oxygen atoms in total. The Labute approximate surface area is 120 Å². The van der Waals surface area contributed by atoms with E-state index >= 15 is 0 Å². The fraction of sp³-hybridized carbons (Fsp3) is 0.462. The van der Waals surface area contributed by atoms with E-state index in [1.54, 1.807) is 6.07 Å². The average molecular weight is 299 g/mol. The van der Waals surface area contributed by atoms with E-state index in [0.717, 1.165) is 16.9 Å². The van der Waals surface area contributed by atoms with Crippen molar-refractivity contribution in [1.82, 2.24) is 5.32 Å². The van der Waals surface area contributed by atoms with E-state index in [1.165, 1.54) is 18.4 Å². The van der Waals surface area contributed by atoms with Gasteiger partial charge in [0.05, 0.1) is 18.4 Å². The van der Waals surface area contributed by atoms with Crippen molar-refractivity contribution in [3.63, 3.8) is 0 Å². The number of carbonyl (C=O) groups is 3. The van der Waals surface area contributed by atoms with E-state index in [0.29, 0.717) is 4.88 Å². The molecule has 0 unspecified atom stereocenters. The highest BCUT2D eigenvalue weighted by Crippen LogP contribution is 2.22. The van der Waals surface area contributed by atoms with E-state index in [4.69, 9.17) is 5.11 Å². The van der Waals surface area contributed by atoms with Crippen LogP contribution in [-0.4, -0.2) is 36.1 Å². The van der Waals surface area contributed by atoms with Crippen molar-refractivity contribution in [2.24, 2.45) is 0 Å². The monoisotopic (exact) mass is 299 g/mol. The van der Waals surface area contributed by atoms with Crippen LogP contribution in [0.5, 0.6) is 0 Å². The molecular weight excluding hydrogens is 282 g/mol. The number of hydrogen-bond donors (Lipinski definition) is 2. The number of carboxylic acid groups (broad SMARTS) is 1. The second-order valence-electron chi connectivity index (χ2n) is 4.19. The molecule has 0 saturated carbocycles. The van der Waals surface area contributed by atoms with Gasteiger partial charge < -0.3 is 15.2 Å². The number of carboxylic acids is 1. The summed E-state index contributed by atoms with van der Waals surface area (Å²) in [6.45, 7) is 3.89. The number of ether oxygens (including phenoxy) is 1. The van der Waals surface area contributed by atoms with Gasteiger partial charge in [0.2, 0.25) is 0 Å². The number of rotatable bonds is 6. The maximum Gasteiger partial charge on any atom is 0.326 e. The number of aryl methyl sites for hydroxylation is 2. The molecule has 1 aromatic heterocycles. The highest BCUT2D eigenvalue weighted by atomic mass is 32.1. The smallest absolute Gasteiger partial charge is 0.326 e. The molecule has 0 aliphatic rings. The molecule has 1 aromatic rings. The normalized spacial score (nSPS) is 11.8. The lowest BCUT2D eigenvalue weighted by molar-refractivity contribution is -0.147. The molecule has 0 aromatic carbocycles. The lowest BCUT2D eigenvalue weighted by Crippen LogP contribution is -2.42. The lowest BCUT2D eigenvalue weighted by atomic mass is 10.2. The van der Waals surface area contributed by atoms with E-state index in [9.17, 15) is 14.4 Å². The predicted octanol–water partition coefficient (Wildman–Crippen LogP) is 1.37. The summed E-state index contributed by atoms with van der Waals surface area (Å²) >= 11 is 1.30. The molecule has 0 aliphatic heterocycles.